The number of morpholine rings is 1. The van der Waals surface area contributed by atoms with Crippen molar-refractivity contribution < 1.29 is 9.13 Å². The number of rotatable bonds is 7. The topological polar surface area (TPSA) is 48.9 Å². The number of halogens is 2. The van der Waals surface area contributed by atoms with E-state index in [4.69, 9.17) is 4.74 Å². The fourth-order valence-corrected chi connectivity index (χ4v) is 2.92. The SMILES string of the molecule is CCNC(=NCCN1CCOCC1)NCCc1ccc(F)c(Br)c1. The molecule has 1 heterocycles. The summed E-state index contributed by atoms with van der Waals surface area (Å²) in [5, 5.41) is 6.58. The molecule has 2 rings (SSSR count). The van der Waals surface area contributed by atoms with E-state index in [-0.39, 0.29) is 5.82 Å². The van der Waals surface area contributed by atoms with Gasteiger partial charge in [0.05, 0.1) is 24.2 Å². The van der Waals surface area contributed by atoms with Crippen molar-refractivity contribution >= 4 is 21.9 Å². The van der Waals surface area contributed by atoms with Crippen LogP contribution in [0, 0.1) is 5.82 Å². The minimum absolute atomic E-state index is 0.232. The van der Waals surface area contributed by atoms with Gasteiger partial charge in [0.2, 0.25) is 0 Å². The van der Waals surface area contributed by atoms with Crippen LogP contribution in [0.2, 0.25) is 0 Å². The lowest BCUT2D eigenvalue weighted by molar-refractivity contribution is 0.0394. The largest absolute Gasteiger partial charge is 0.379 e. The van der Waals surface area contributed by atoms with Crippen LogP contribution in [0.5, 0.6) is 0 Å². The van der Waals surface area contributed by atoms with Crippen molar-refractivity contribution in [2.75, 3.05) is 52.5 Å². The number of hydrogen-bond donors (Lipinski definition) is 2. The fourth-order valence-electron chi connectivity index (χ4n) is 2.49. The molecule has 1 fully saturated rings. The highest BCUT2D eigenvalue weighted by molar-refractivity contribution is 9.10. The summed E-state index contributed by atoms with van der Waals surface area (Å²) in [5.41, 5.74) is 1.08. The third-order valence-electron chi connectivity index (χ3n) is 3.82. The molecule has 2 N–H and O–H groups in total. The molecule has 1 aromatic rings. The highest BCUT2D eigenvalue weighted by Crippen LogP contribution is 2.16. The lowest BCUT2D eigenvalue weighted by atomic mass is 10.1. The molecule has 0 aliphatic carbocycles. The van der Waals surface area contributed by atoms with Gasteiger partial charge in [-0.05, 0) is 47.0 Å². The summed E-state index contributed by atoms with van der Waals surface area (Å²) in [6.45, 7) is 8.94. The second-order valence-electron chi connectivity index (χ2n) is 5.64. The summed E-state index contributed by atoms with van der Waals surface area (Å²) in [7, 11) is 0. The molecular weight excluding hydrogens is 375 g/mol. The second-order valence-corrected chi connectivity index (χ2v) is 6.49. The summed E-state index contributed by atoms with van der Waals surface area (Å²) >= 11 is 3.22. The number of aliphatic imine (C=N–C) groups is 1. The number of nitrogens with zero attached hydrogens (tertiary/aromatic N) is 2. The van der Waals surface area contributed by atoms with E-state index in [0.29, 0.717) is 4.47 Å². The third kappa shape index (κ3) is 6.75. The Morgan fingerprint density at radius 1 is 1.33 bits per heavy atom. The van der Waals surface area contributed by atoms with Crippen molar-refractivity contribution in [2.24, 2.45) is 4.99 Å². The van der Waals surface area contributed by atoms with Crippen LogP contribution in [0.3, 0.4) is 0 Å². The van der Waals surface area contributed by atoms with Crippen LogP contribution >= 0.6 is 15.9 Å². The first-order valence-electron chi connectivity index (χ1n) is 8.45. The van der Waals surface area contributed by atoms with Gasteiger partial charge in [-0.1, -0.05) is 6.07 Å². The Bertz CT molecular complexity index is 535. The van der Waals surface area contributed by atoms with Crippen molar-refractivity contribution in [1.29, 1.82) is 0 Å². The number of ether oxygens (including phenoxy) is 1. The van der Waals surface area contributed by atoms with E-state index < -0.39 is 0 Å². The molecule has 1 saturated heterocycles. The lowest BCUT2D eigenvalue weighted by Crippen LogP contribution is -2.40. The van der Waals surface area contributed by atoms with Crippen LogP contribution in [0.4, 0.5) is 4.39 Å². The first-order chi connectivity index (χ1) is 11.7. The van der Waals surface area contributed by atoms with Gasteiger partial charge >= 0.3 is 0 Å². The summed E-state index contributed by atoms with van der Waals surface area (Å²) in [4.78, 5) is 6.98. The smallest absolute Gasteiger partial charge is 0.191 e. The molecule has 0 unspecified atom stereocenters. The molecule has 0 aromatic heterocycles. The average molecular weight is 401 g/mol. The molecule has 1 aliphatic heterocycles. The highest BCUT2D eigenvalue weighted by atomic mass is 79.9. The predicted molar refractivity (Wildman–Crippen MR) is 99.0 cm³/mol. The first kappa shape index (κ1) is 19.1. The Hall–Kier alpha value is -1.18. The Morgan fingerprint density at radius 3 is 2.83 bits per heavy atom. The van der Waals surface area contributed by atoms with Gasteiger partial charge in [0, 0.05) is 32.7 Å². The molecule has 0 saturated carbocycles. The summed E-state index contributed by atoms with van der Waals surface area (Å²) in [6, 6.07) is 5.12. The zero-order valence-electron chi connectivity index (χ0n) is 14.2. The maximum absolute atomic E-state index is 13.2. The van der Waals surface area contributed by atoms with Gasteiger partial charge in [-0.2, -0.15) is 0 Å². The van der Waals surface area contributed by atoms with Gasteiger partial charge in [-0.25, -0.2) is 4.39 Å². The molecule has 0 atom stereocenters. The zero-order chi connectivity index (χ0) is 17.2. The predicted octanol–water partition coefficient (Wildman–Crippen LogP) is 2.02. The zero-order valence-corrected chi connectivity index (χ0v) is 15.7. The van der Waals surface area contributed by atoms with Crippen LogP contribution in [0.1, 0.15) is 12.5 Å². The third-order valence-corrected chi connectivity index (χ3v) is 4.43. The summed E-state index contributed by atoms with van der Waals surface area (Å²) in [5.74, 6) is 0.594. The van der Waals surface area contributed by atoms with Crippen molar-refractivity contribution in [3.8, 4) is 0 Å². The van der Waals surface area contributed by atoms with Crippen LogP contribution in [0.15, 0.2) is 27.7 Å². The molecule has 24 heavy (non-hydrogen) atoms. The van der Waals surface area contributed by atoms with Crippen molar-refractivity contribution in [2.45, 2.75) is 13.3 Å². The van der Waals surface area contributed by atoms with Crippen molar-refractivity contribution in [3.05, 3.63) is 34.1 Å². The van der Waals surface area contributed by atoms with Gasteiger partial charge in [-0.3, -0.25) is 9.89 Å². The maximum atomic E-state index is 13.2. The van der Waals surface area contributed by atoms with Gasteiger partial charge in [0.1, 0.15) is 5.82 Å². The van der Waals surface area contributed by atoms with Crippen LogP contribution in [-0.2, 0) is 11.2 Å². The van der Waals surface area contributed by atoms with E-state index in [2.05, 4.69) is 43.4 Å². The van der Waals surface area contributed by atoms with E-state index in [0.717, 1.165) is 70.4 Å². The van der Waals surface area contributed by atoms with Crippen LogP contribution < -0.4 is 10.6 Å². The molecule has 7 heteroatoms. The molecule has 0 spiro atoms. The fraction of sp³-hybridized carbons (Fsp3) is 0.588. The van der Waals surface area contributed by atoms with E-state index >= 15 is 0 Å². The molecular formula is C17H26BrFN4O. The number of guanidine groups is 1. The Labute approximate surface area is 151 Å². The Morgan fingerprint density at radius 2 is 2.12 bits per heavy atom. The normalized spacial score (nSPS) is 16.2. The minimum Gasteiger partial charge on any atom is -0.379 e. The Balaban J connectivity index is 1.74. The highest BCUT2D eigenvalue weighted by Gasteiger charge is 2.09. The molecule has 5 nitrogen and oxygen atoms in total. The van der Waals surface area contributed by atoms with Crippen LogP contribution in [-0.4, -0.2) is 63.3 Å². The standard InChI is InChI=1S/C17H26BrFN4O/c1-2-20-17(22-7-8-23-9-11-24-12-10-23)21-6-5-14-3-4-16(19)15(18)13-14/h3-4,13H,2,5-12H2,1H3,(H2,20,21,22). The van der Waals surface area contributed by atoms with Gasteiger partial charge in [-0.15, -0.1) is 0 Å². The van der Waals surface area contributed by atoms with Crippen molar-refractivity contribution in [3.63, 3.8) is 0 Å². The second kappa shape index (κ2) is 10.6. The quantitative estimate of drug-likeness (QED) is 0.542. The Kier molecular flexibility index (Phi) is 8.49. The van der Waals surface area contributed by atoms with Gasteiger partial charge in [0.25, 0.3) is 0 Å². The summed E-state index contributed by atoms with van der Waals surface area (Å²) in [6.07, 6.45) is 0.812. The monoisotopic (exact) mass is 400 g/mol. The first-order valence-corrected chi connectivity index (χ1v) is 9.24. The van der Waals surface area contributed by atoms with Crippen molar-refractivity contribution in [1.82, 2.24) is 15.5 Å². The summed E-state index contributed by atoms with van der Waals surface area (Å²) < 4.78 is 19.1. The molecule has 0 radical (unpaired) electrons. The van der Waals surface area contributed by atoms with E-state index in [1.54, 1.807) is 0 Å². The molecule has 134 valence electrons. The molecule has 1 aromatic carbocycles. The number of nitrogens with one attached hydrogen (secondary N) is 2. The molecule has 0 bridgehead atoms. The van der Waals surface area contributed by atoms with E-state index in [1.165, 1.54) is 6.07 Å². The number of benzene rings is 1. The average Bonchev–Trinajstić information content (AvgIpc) is 2.59. The molecule has 0 amide bonds. The maximum Gasteiger partial charge on any atom is 0.191 e. The van der Waals surface area contributed by atoms with Gasteiger partial charge < -0.3 is 15.4 Å². The number of hydrogen-bond acceptors (Lipinski definition) is 3. The van der Waals surface area contributed by atoms with E-state index in [9.17, 15) is 4.39 Å². The minimum atomic E-state index is -0.232. The lowest BCUT2D eigenvalue weighted by Gasteiger charge is -2.25. The van der Waals surface area contributed by atoms with E-state index in [1.807, 2.05) is 12.1 Å². The molecule has 1 aliphatic rings. The van der Waals surface area contributed by atoms with Gasteiger partial charge in [0.15, 0.2) is 5.96 Å². The van der Waals surface area contributed by atoms with Crippen LogP contribution in [0.25, 0.3) is 0 Å².